The van der Waals surface area contributed by atoms with Crippen LogP contribution in [0, 0.1) is 6.92 Å². The van der Waals surface area contributed by atoms with Crippen molar-refractivity contribution in [2.24, 2.45) is 0 Å². The summed E-state index contributed by atoms with van der Waals surface area (Å²) in [5.41, 5.74) is 3.69. The number of thiophene rings is 1. The number of sulfone groups is 1. The molecule has 1 N–H and O–H groups in total. The number of benzene rings is 2. The molecule has 0 spiro atoms. The molecule has 0 fully saturated rings. The molecule has 0 aliphatic heterocycles. The van der Waals surface area contributed by atoms with E-state index in [9.17, 15) is 18.0 Å². The van der Waals surface area contributed by atoms with E-state index in [2.05, 4.69) is 10.4 Å². The molecule has 4 rings (SSSR count). The summed E-state index contributed by atoms with van der Waals surface area (Å²) >= 11 is 1.40. The van der Waals surface area contributed by atoms with Crippen molar-refractivity contribution in [2.75, 3.05) is 18.3 Å². The first kappa shape index (κ1) is 22.7. The van der Waals surface area contributed by atoms with Crippen LogP contribution >= 0.6 is 11.3 Å². The molecule has 0 aliphatic carbocycles. The van der Waals surface area contributed by atoms with Crippen molar-refractivity contribution in [1.29, 1.82) is 0 Å². The molecule has 0 atom stereocenters. The van der Waals surface area contributed by atoms with Crippen LogP contribution in [0.3, 0.4) is 0 Å². The SMILES string of the molecule is COc1ccc(S(=O)(=O)CCC(=O)Nn2cnc3sc(C)c(-c4ccccc4)c3c2=O)cc1. The highest BCUT2D eigenvalue weighted by Crippen LogP contribution is 2.35. The molecular formula is C23H21N3O5S2. The van der Waals surface area contributed by atoms with Gasteiger partial charge in [0.05, 0.1) is 23.1 Å². The number of ether oxygens (including phenoxy) is 1. The lowest BCUT2D eigenvalue weighted by atomic mass is 10.0. The standard InChI is InChI=1S/C23H21N3O5S2/c1-15-20(16-6-4-3-5-7-16)21-22(32-15)24-14-26(23(21)28)25-19(27)12-13-33(29,30)18-10-8-17(31-2)9-11-18/h3-11,14H,12-13H2,1-2H3,(H,25,27). The topological polar surface area (TPSA) is 107 Å². The van der Waals surface area contributed by atoms with Crippen LogP contribution in [0.4, 0.5) is 0 Å². The largest absolute Gasteiger partial charge is 0.497 e. The van der Waals surface area contributed by atoms with Crippen molar-refractivity contribution in [3.8, 4) is 16.9 Å². The smallest absolute Gasteiger partial charge is 0.281 e. The maximum absolute atomic E-state index is 13.1. The van der Waals surface area contributed by atoms with Crippen molar-refractivity contribution in [3.05, 3.63) is 76.2 Å². The zero-order valence-electron chi connectivity index (χ0n) is 17.9. The third-order valence-electron chi connectivity index (χ3n) is 5.11. The molecule has 1 amide bonds. The molecule has 8 nitrogen and oxygen atoms in total. The molecular weight excluding hydrogens is 462 g/mol. The summed E-state index contributed by atoms with van der Waals surface area (Å²) in [4.78, 5) is 31.5. The van der Waals surface area contributed by atoms with Crippen molar-refractivity contribution in [1.82, 2.24) is 9.66 Å². The van der Waals surface area contributed by atoms with Gasteiger partial charge in [0.15, 0.2) is 9.84 Å². The second-order valence-corrected chi connectivity index (χ2v) is 10.6. The Kier molecular flexibility index (Phi) is 6.30. The van der Waals surface area contributed by atoms with E-state index in [4.69, 9.17) is 4.74 Å². The van der Waals surface area contributed by atoms with E-state index < -0.39 is 27.1 Å². The number of aryl methyl sites for hydroxylation is 1. The molecule has 0 aliphatic rings. The van der Waals surface area contributed by atoms with Gasteiger partial charge >= 0.3 is 0 Å². The van der Waals surface area contributed by atoms with Crippen molar-refractivity contribution in [2.45, 2.75) is 18.2 Å². The van der Waals surface area contributed by atoms with Gasteiger partial charge in [-0.15, -0.1) is 11.3 Å². The fourth-order valence-electron chi connectivity index (χ4n) is 3.45. The van der Waals surface area contributed by atoms with Crippen LogP contribution in [-0.4, -0.2) is 36.8 Å². The first-order valence-corrected chi connectivity index (χ1v) is 12.5. The zero-order valence-corrected chi connectivity index (χ0v) is 19.6. The number of carbonyl (C=O) groups is 1. The van der Waals surface area contributed by atoms with Gasteiger partial charge in [-0.2, -0.15) is 0 Å². The Morgan fingerprint density at radius 1 is 1.12 bits per heavy atom. The Labute approximate surface area is 194 Å². The van der Waals surface area contributed by atoms with Crippen LogP contribution in [0.2, 0.25) is 0 Å². The highest BCUT2D eigenvalue weighted by molar-refractivity contribution is 7.91. The lowest BCUT2D eigenvalue weighted by Crippen LogP contribution is -2.33. The van der Waals surface area contributed by atoms with E-state index in [1.165, 1.54) is 36.9 Å². The average molecular weight is 484 g/mol. The second-order valence-electron chi connectivity index (χ2n) is 7.28. The lowest BCUT2D eigenvalue weighted by molar-refractivity contribution is -0.116. The van der Waals surface area contributed by atoms with Gasteiger partial charge in [-0.05, 0) is 36.8 Å². The molecule has 4 aromatic rings. The number of rotatable bonds is 7. The van der Waals surface area contributed by atoms with E-state index in [0.29, 0.717) is 16.0 Å². The zero-order chi connectivity index (χ0) is 23.6. The van der Waals surface area contributed by atoms with Crippen LogP contribution in [0.15, 0.2) is 70.6 Å². The predicted molar refractivity (Wildman–Crippen MR) is 128 cm³/mol. The summed E-state index contributed by atoms with van der Waals surface area (Å²) in [5, 5.41) is 0.414. The number of hydrogen-bond acceptors (Lipinski definition) is 7. The van der Waals surface area contributed by atoms with Gasteiger partial charge in [0.2, 0.25) is 5.91 Å². The third kappa shape index (κ3) is 4.67. The van der Waals surface area contributed by atoms with Crippen LogP contribution < -0.4 is 15.7 Å². The molecule has 0 bridgehead atoms. The Bertz CT molecular complexity index is 1470. The van der Waals surface area contributed by atoms with Gasteiger partial charge in [0.25, 0.3) is 5.56 Å². The molecule has 2 aromatic heterocycles. The molecule has 33 heavy (non-hydrogen) atoms. The maximum Gasteiger partial charge on any atom is 0.281 e. The van der Waals surface area contributed by atoms with Gasteiger partial charge in [0, 0.05) is 16.9 Å². The minimum absolute atomic E-state index is 0.0950. The number of carbonyl (C=O) groups excluding carboxylic acids is 1. The number of nitrogens with one attached hydrogen (secondary N) is 1. The van der Waals surface area contributed by atoms with Crippen molar-refractivity contribution < 1.29 is 17.9 Å². The summed E-state index contributed by atoms with van der Waals surface area (Å²) in [5.74, 6) is -0.473. The van der Waals surface area contributed by atoms with Crippen LogP contribution in [0.1, 0.15) is 11.3 Å². The number of methoxy groups -OCH3 is 1. The Morgan fingerprint density at radius 2 is 1.82 bits per heavy atom. The Morgan fingerprint density at radius 3 is 2.48 bits per heavy atom. The van der Waals surface area contributed by atoms with E-state index in [-0.39, 0.29) is 11.3 Å². The lowest BCUT2D eigenvalue weighted by Gasteiger charge is -2.09. The van der Waals surface area contributed by atoms with Crippen LogP contribution in [0.5, 0.6) is 5.75 Å². The Balaban J connectivity index is 1.54. The Hall–Kier alpha value is -3.50. The molecule has 170 valence electrons. The third-order valence-corrected chi connectivity index (χ3v) is 7.86. The van der Waals surface area contributed by atoms with E-state index in [1.54, 1.807) is 12.1 Å². The van der Waals surface area contributed by atoms with Crippen LogP contribution in [-0.2, 0) is 14.6 Å². The van der Waals surface area contributed by atoms with Gasteiger partial charge in [-0.25, -0.2) is 18.1 Å². The average Bonchev–Trinajstić information content (AvgIpc) is 3.17. The number of nitrogens with zero attached hydrogens (tertiary/aromatic N) is 2. The summed E-state index contributed by atoms with van der Waals surface area (Å²) in [7, 11) is -2.19. The first-order chi connectivity index (χ1) is 15.8. The van der Waals surface area contributed by atoms with E-state index in [0.717, 1.165) is 20.7 Å². The fraction of sp³-hybridized carbons (Fsp3) is 0.174. The molecule has 2 aromatic carbocycles. The quantitative estimate of drug-likeness (QED) is 0.432. The van der Waals surface area contributed by atoms with E-state index in [1.807, 2.05) is 37.3 Å². The van der Waals surface area contributed by atoms with Crippen molar-refractivity contribution in [3.63, 3.8) is 0 Å². The highest BCUT2D eigenvalue weighted by atomic mass is 32.2. The number of fused-ring (bicyclic) bond motifs is 1. The predicted octanol–water partition coefficient (Wildman–Crippen LogP) is 3.38. The molecule has 0 saturated carbocycles. The first-order valence-electron chi connectivity index (χ1n) is 10.0. The minimum Gasteiger partial charge on any atom is -0.497 e. The maximum atomic E-state index is 13.1. The molecule has 0 saturated heterocycles. The van der Waals surface area contributed by atoms with E-state index >= 15 is 0 Å². The summed E-state index contributed by atoms with van der Waals surface area (Å²) in [6.45, 7) is 1.92. The highest BCUT2D eigenvalue weighted by Gasteiger charge is 2.19. The summed E-state index contributed by atoms with van der Waals surface area (Å²) in [6, 6.07) is 15.4. The number of hydrogen-bond donors (Lipinski definition) is 1. The van der Waals surface area contributed by atoms with Gasteiger partial charge in [-0.1, -0.05) is 30.3 Å². The van der Waals surface area contributed by atoms with Crippen LogP contribution in [0.25, 0.3) is 21.3 Å². The second kappa shape index (κ2) is 9.16. The molecule has 0 radical (unpaired) electrons. The minimum atomic E-state index is -3.67. The molecule has 2 heterocycles. The van der Waals surface area contributed by atoms with Crippen molar-refractivity contribution >= 4 is 37.3 Å². The number of amides is 1. The van der Waals surface area contributed by atoms with Gasteiger partial charge in [0.1, 0.15) is 16.9 Å². The summed E-state index contributed by atoms with van der Waals surface area (Å²) < 4.78 is 31.1. The molecule has 0 unspecified atom stereocenters. The van der Waals surface area contributed by atoms with Gasteiger partial charge in [-0.3, -0.25) is 15.0 Å². The van der Waals surface area contributed by atoms with Gasteiger partial charge < -0.3 is 4.74 Å². The number of aromatic nitrogens is 2. The summed E-state index contributed by atoms with van der Waals surface area (Å²) in [6.07, 6.45) is 0.929. The molecule has 10 heteroatoms. The fourth-order valence-corrected chi connectivity index (χ4v) is 5.70. The monoisotopic (exact) mass is 483 g/mol. The normalized spacial score (nSPS) is 11.5.